The summed E-state index contributed by atoms with van der Waals surface area (Å²) in [7, 11) is 1.85. The lowest BCUT2D eigenvalue weighted by atomic mass is 10.3. The van der Waals surface area contributed by atoms with Gasteiger partial charge in [0.2, 0.25) is 5.88 Å². The summed E-state index contributed by atoms with van der Waals surface area (Å²) >= 11 is 1.83. The second-order valence-corrected chi connectivity index (χ2v) is 7.63. The summed E-state index contributed by atoms with van der Waals surface area (Å²) in [5.41, 5.74) is 1.12. The van der Waals surface area contributed by atoms with Crippen LogP contribution in [0, 0.1) is 0 Å². The molecule has 0 bridgehead atoms. The fraction of sp³-hybridized carbons (Fsp3) is 0.500. The van der Waals surface area contributed by atoms with E-state index in [-0.39, 0.29) is 0 Å². The number of pyridine rings is 1. The molecule has 0 aliphatic carbocycles. The van der Waals surface area contributed by atoms with Gasteiger partial charge in [0.25, 0.3) is 0 Å². The van der Waals surface area contributed by atoms with Gasteiger partial charge in [-0.2, -0.15) is 0 Å². The molecule has 7 heteroatoms. The predicted molar refractivity (Wildman–Crippen MR) is 111 cm³/mol. The Kier molecular flexibility index (Phi) is 7.47. The van der Waals surface area contributed by atoms with Crippen molar-refractivity contribution in [2.45, 2.75) is 26.4 Å². The fourth-order valence-electron chi connectivity index (χ4n) is 3.06. The van der Waals surface area contributed by atoms with E-state index < -0.39 is 0 Å². The maximum atomic E-state index is 5.53. The number of hydrogen-bond donors (Lipinski definition) is 1. The number of aliphatic imine (C=N–C) groups is 1. The van der Waals surface area contributed by atoms with Gasteiger partial charge in [-0.05, 0) is 23.4 Å². The van der Waals surface area contributed by atoms with Crippen LogP contribution in [0.25, 0.3) is 0 Å². The summed E-state index contributed by atoms with van der Waals surface area (Å²) in [6.07, 6.45) is 2.85. The molecule has 0 unspecified atom stereocenters. The number of thiophene rings is 1. The van der Waals surface area contributed by atoms with Crippen molar-refractivity contribution in [1.29, 1.82) is 0 Å². The van der Waals surface area contributed by atoms with Crippen LogP contribution in [0.15, 0.2) is 40.8 Å². The number of piperazine rings is 1. The predicted octanol–water partition coefficient (Wildman–Crippen LogP) is 2.83. The van der Waals surface area contributed by atoms with E-state index >= 15 is 0 Å². The maximum Gasteiger partial charge on any atom is 0.213 e. The minimum absolute atomic E-state index is 0.687. The number of ether oxygens (including phenoxy) is 1. The lowest BCUT2D eigenvalue weighted by molar-refractivity contribution is 0.173. The lowest BCUT2D eigenvalue weighted by Gasteiger charge is -2.36. The van der Waals surface area contributed by atoms with Crippen LogP contribution in [0.3, 0.4) is 0 Å². The molecule has 1 aliphatic rings. The molecule has 1 aliphatic heterocycles. The van der Waals surface area contributed by atoms with Gasteiger partial charge in [-0.1, -0.05) is 19.1 Å². The number of nitrogens with one attached hydrogen (secondary N) is 1. The van der Waals surface area contributed by atoms with E-state index in [9.17, 15) is 0 Å². The van der Waals surface area contributed by atoms with Crippen LogP contribution >= 0.6 is 11.3 Å². The van der Waals surface area contributed by atoms with Crippen molar-refractivity contribution >= 4 is 17.3 Å². The highest BCUT2D eigenvalue weighted by molar-refractivity contribution is 7.09. The van der Waals surface area contributed by atoms with Gasteiger partial charge in [0.1, 0.15) is 0 Å². The molecular formula is C20H29N5OS. The van der Waals surface area contributed by atoms with Gasteiger partial charge in [0, 0.05) is 63.5 Å². The molecule has 3 rings (SSSR count). The van der Waals surface area contributed by atoms with Crippen molar-refractivity contribution in [2.24, 2.45) is 4.99 Å². The second kappa shape index (κ2) is 10.3. The van der Waals surface area contributed by atoms with E-state index in [1.165, 1.54) is 4.88 Å². The van der Waals surface area contributed by atoms with Gasteiger partial charge in [-0.15, -0.1) is 11.3 Å². The summed E-state index contributed by atoms with van der Waals surface area (Å²) in [4.78, 5) is 15.1. The molecule has 3 heterocycles. The molecule has 1 N–H and O–H groups in total. The Morgan fingerprint density at radius 2 is 2.11 bits per heavy atom. The Balaban J connectivity index is 1.44. The average Bonchev–Trinajstić information content (AvgIpc) is 3.22. The Bertz CT molecular complexity index is 694. The molecule has 0 amide bonds. The number of nitrogens with zero attached hydrogens (tertiary/aromatic N) is 4. The quantitative estimate of drug-likeness (QED) is 0.585. The third-order valence-electron chi connectivity index (χ3n) is 4.55. The normalized spacial score (nSPS) is 15.8. The highest BCUT2D eigenvalue weighted by Gasteiger charge is 2.19. The molecule has 2 aromatic rings. The number of guanidine groups is 1. The molecule has 1 saturated heterocycles. The first kappa shape index (κ1) is 19.6. The van der Waals surface area contributed by atoms with Gasteiger partial charge in [-0.25, -0.2) is 4.98 Å². The van der Waals surface area contributed by atoms with Crippen molar-refractivity contribution in [1.82, 2.24) is 20.1 Å². The Hall–Kier alpha value is -2.12. The smallest absolute Gasteiger partial charge is 0.213 e. The zero-order chi connectivity index (χ0) is 18.9. The lowest BCUT2D eigenvalue weighted by Crippen LogP contribution is -2.51. The van der Waals surface area contributed by atoms with Crippen LogP contribution in [0.5, 0.6) is 5.88 Å². The monoisotopic (exact) mass is 387 g/mol. The molecule has 6 nitrogen and oxygen atoms in total. The maximum absolute atomic E-state index is 5.53. The van der Waals surface area contributed by atoms with Crippen LogP contribution in [0.4, 0.5) is 0 Å². The van der Waals surface area contributed by atoms with Crippen molar-refractivity contribution < 1.29 is 4.74 Å². The summed E-state index contributed by atoms with van der Waals surface area (Å²) in [5, 5.41) is 5.60. The van der Waals surface area contributed by atoms with E-state index in [0.29, 0.717) is 19.0 Å². The van der Waals surface area contributed by atoms with Gasteiger partial charge in [-0.3, -0.25) is 9.89 Å². The fourth-order valence-corrected chi connectivity index (χ4v) is 3.81. The van der Waals surface area contributed by atoms with Gasteiger partial charge < -0.3 is 15.0 Å². The summed E-state index contributed by atoms with van der Waals surface area (Å²) in [6, 6.07) is 8.32. The molecule has 0 atom stereocenters. The van der Waals surface area contributed by atoms with E-state index in [1.54, 1.807) is 0 Å². The first-order chi connectivity index (χ1) is 13.3. The minimum Gasteiger partial charge on any atom is -0.478 e. The summed E-state index contributed by atoms with van der Waals surface area (Å²) in [6.45, 7) is 8.66. The zero-order valence-electron chi connectivity index (χ0n) is 16.2. The van der Waals surface area contributed by atoms with Crippen molar-refractivity contribution in [2.75, 3.05) is 39.8 Å². The van der Waals surface area contributed by atoms with Crippen LogP contribution in [0.1, 0.15) is 23.8 Å². The van der Waals surface area contributed by atoms with Gasteiger partial charge in [0.15, 0.2) is 5.96 Å². The summed E-state index contributed by atoms with van der Waals surface area (Å²) in [5.74, 6) is 1.64. The first-order valence-electron chi connectivity index (χ1n) is 9.56. The van der Waals surface area contributed by atoms with E-state index in [1.807, 2.05) is 30.6 Å². The molecule has 27 heavy (non-hydrogen) atoms. The molecule has 2 aromatic heterocycles. The Morgan fingerprint density at radius 1 is 1.26 bits per heavy atom. The van der Waals surface area contributed by atoms with E-state index in [4.69, 9.17) is 4.74 Å². The zero-order valence-corrected chi connectivity index (χ0v) is 17.0. The van der Waals surface area contributed by atoms with Gasteiger partial charge >= 0.3 is 0 Å². The molecule has 0 spiro atoms. The van der Waals surface area contributed by atoms with Gasteiger partial charge in [0.05, 0.1) is 6.61 Å². The van der Waals surface area contributed by atoms with E-state index in [2.05, 4.69) is 55.6 Å². The number of rotatable bonds is 7. The summed E-state index contributed by atoms with van der Waals surface area (Å²) < 4.78 is 5.53. The Morgan fingerprint density at radius 3 is 2.74 bits per heavy atom. The van der Waals surface area contributed by atoms with Crippen LogP contribution < -0.4 is 10.1 Å². The number of hydrogen-bond acceptors (Lipinski definition) is 5. The number of aromatic nitrogens is 1. The Labute approximate surface area is 165 Å². The van der Waals surface area contributed by atoms with E-state index in [0.717, 1.165) is 50.7 Å². The van der Waals surface area contributed by atoms with Crippen molar-refractivity contribution in [3.8, 4) is 5.88 Å². The SMILES string of the molecule is CCCOc1ccc(CNC(=NC)N2CCN(Cc3cccs3)CC2)cn1. The largest absolute Gasteiger partial charge is 0.478 e. The molecule has 0 saturated carbocycles. The highest BCUT2D eigenvalue weighted by Crippen LogP contribution is 2.14. The molecule has 0 aromatic carbocycles. The minimum atomic E-state index is 0.687. The van der Waals surface area contributed by atoms with Crippen molar-refractivity contribution in [3.05, 3.63) is 46.3 Å². The molecule has 146 valence electrons. The third-order valence-corrected chi connectivity index (χ3v) is 5.41. The second-order valence-electron chi connectivity index (χ2n) is 6.60. The standard InChI is InChI=1S/C20H29N5OS/c1-3-12-26-19-7-6-17(14-22-19)15-23-20(21-2)25-10-8-24(9-11-25)16-18-5-4-13-27-18/h4-7,13-14H,3,8-12,15-16H2,1-2H3,(H,21,23). The highest BCUT2D eigenvalue weighted by atomic mass is 32.1. The topological polar surface area (TPSA) is 53.0 Å². The van der Waals surface area contributed by atoms with Crippen molar-refractivity contribution in [3.63, 3.8) is 0 Å². The molecule has 1 fully saturated rings. The average molecular weight is 388 g/mol. The first-order valence-corrected chi connectivity index (χ1v) is 10.4. The molecule has 0 radical (unpaired) electrons. The third kappa shape index (κ3) is 5.94. The molecular weight excluding hydrogens is 358 g/mol. The van der Waals surface area contributed by atoms with Crippen LogP contribution in [-0.4, -0.2) is 60.6 Å². The van der Waals surface area contributed by atoms with Crippen LogP contribution in [-0.2, 0) is 13.1 Å². The van der Waals surface area contributed by atoms with Crippen LogP contribution in [0.2, 0.25) is 0 Å².